The third kappa shape index (κ3) is 2.38. The number of amides is 1. The van der Waals surface area contributed by atoms with Crippen LogP contribution in [0.3, 0.4) is 0 Å². The van der Waals surface area contributed by atoms with Crippen LogP contribution in [0.5, 0.6) is 0 Å². The lowest BCUT2D eigenvalue weighted by atomic mass is 10.1. The van der Waals surface area contributed by atoms with Crippen LogP contribution >= 0.6 is 12.6 Å². The van der Waals surface area contributed by atoms with Gasteiger partial charge in [-0.15, -0.1) is 0 Å². The van der Waals surface area contributed by atoms with E-state index >= 15 is 0 Å². The van der Waals surface area contributed by atoms with Gasteiger partial charge in [-0.1, -0.05) is 6.07 Å². The summed E-state index contributed by atoms with van der Waals surface area (Å²) in [5.41, 5.74) is 2.14. The fourth-order valence-electron chi connectivity index (χ4n) is 1.99. The molecule has 1 aliphatic rings. The lowest BCUT2D eigenvalue weighted by Crippen LogP contribution is -2.25. The van der Waals surface area contributed by atoms with E-state index in [4.69, 9.17) is 0 Å². The van der Waals surface area contributed by atoms with Crippen molar-refractivity contribution in [2.75, 3.05) is 12.3 Å². The number of carbonyl (C=O) groups excluding carboxylic acids is 1. The predicted molar refractivity (Wildman–Crippen MR) is 66.4 cm³/mol. The molecule has 1 aromatic rings. The Morgan fingerprint density at radius 2 is 2.44 bits per heavy atom. The van der Waals surface area contributed by atoms with Crippen LogP contribution in [0.15, 0.2) is 18.3 Å². The molecule has 1 atom stereocenters. The maximum Gasteiger partial charge on any atom is 0.223 e. The van der Waals surface area contributed by atoms with Gasteiger partial charge in [0.1, 0.15) is 0 Å². The van der Waals surface area contributed by atoms with Gasteiger partial charge in [0.15, 0.2) is 0 Å². The number of likely N-dealkylation sites (tertiary alicyclic amines) is 1. The molecular weight excluding hydrogens is 220 g/mol. The van der Waals surface area contributed by atoms with Crippen LogP contribution in [0.4, 0.5) is 0 Å². The second kappa shape index (κ2) is 4.87. The van der Waals surface area contributed by atoms with Crippen molar-refractivity contribution in [3.8, 4) is 0 Å². The standard InChI is InChI=1S/C12H16N2OS/c1-9-3-2-4-13-11(9)7-14-6-10(8-16)5-12(14)15/h2-4,10,16H,5-8H2,1H3. The van der Waals surface area contributed by atoms with E-state index < -0.39 is 0 Å². The third-order valence-corrected chi connectivity index (χ3v) is 3.53. The number of hydrogen-bond donors (Lipinski definition) is 1. The molecule has 0 spiro atoms. The monoisotopic (exact) mass is 236 g/mol. The summed E-state index contributed by atoms with van der Waals surface area (Å²) in [6, 6.07) is 3.94. The van der Waals surface area contributed by atoms with Crippen LogP contribution in [0.2, 0.25) is 0 Å². The van der Waals surface area contributed by atoms with E-state index in [1.807, 2.05) is 24.0 Å². The smallest absolute Gasteiger partial charge is 0.223 e. The van der Waals surface area contributed by atoms with Crippen molar-refractivity contribution in [2.45, 2.75) is 19.9 Å². The van der Waals surface area contributed by atoms with E-state index in [-0.39, 0.29) is 5.91 Å². The van der Waals surface area contributed by atoms with Crippen LogP contribution in [-0.4, -0.2) is 28.1 Å². The zero-order chi connectivity index (χ0) is 11.5. The summed E-state index contributed by atoms with van der Waals surface area (Å²) in [7, 11) is 0. The van der Waals surface area contributed by atoms with Gasteiger partial charge in [0.05, 0.1) is 12.2 Å². The van der Waals surface area contributed by atoms with E-state index in [9.17, 15) is 4.79 Å². The molecule has 2 heterocycles. The van der Waals surface area contributed by atoms with E-state index in [0.29, 0.717) is 18.9 Å². The maximum absolute atomic E-state index is 11.7. The van der Waals surface area contributed by atoms with E-state index in [1.54, 1.807) is 6.20 Å². The van der Waals surface area contributed by atoms with Gasteiger partial charge in [-0.25, -0.2) is 0 Å². The Labute approximate surface area is 101 Å². The fourth-order valence-corrected chi connectivity index (χ4v) is 2.24. The summed E-state index contributed by atoms with van der Waals surface area (Å²) in [5, 5.41) is 0. The molecule has 1 aromatic heterocycles. The molecular formula is C12H16N2OS. The Morgan fingerprint density at radius 1 is 1.62 bits per heavy atom. The SMILES string of the molecule is Cc1cccnc1CN1CC(CS)CC1=O. The molecule has 0 N–H and O–H groups in total. The van der Waals surface area contributed by atoms with Crippen LogP contribution in [0.1, 0.15) is 17.7 Å². The first-order valence-electron chi connectivity index (χ1n) is 5.50. The van der Waals surface area contributed by atoms with E-state index in [2.05, 4.69) is 17.6 Å². The molecule has 0 aromatic carbocycles. The average molecular weight is 236 g/mol. The molecule has 2 rings (SSSR count). The summed E-state index contributed by atoms with van der Waals surface area (Å²) < 4.78 is 0. The maximum atomic E-state index is 11.7. The van der Waals surface area contributed by atoms with Crippen molar-refractivity contribution >= 4 is 18.5 Å². The number of nitrogens with zero attached hydrogens (tertiary/aromatic N) is 2. The van der Waals surface area contributed by atoms with Crippen molar-refractivity contribution in [1.82, 2.24) is 9.88 Å². The largest absolute Gasteiger partial charge is 0.336 e. The van der Waals surface area contributed by atoms with Crippen LogP contribution in [0, 0.1) is 12.8 Å². The Morgan fingerprint density at radius 3 is 3.06 bits per heavy atom. The number of pyridine rings is 1. The van der Waals surface area contributed by atoms with Gasteiger partial charge < -0.3 is 4.90 Å². The second-order valence-electron chi connectivity index (χ2n) is 4.29. The first-order chi connectivity index (χ1) is 7.70. The molecule has 1 fully saturated rings. The predicted octanol–water partition coefficient (Wildman–Crippen LogP) is 1.67. The minimum absolute atomic E-state index is 0.226. The number of rotatable bonds is 3. The first kappa shape index (κ1) is 11.5. The highest BCUT2D eigenvalue weighted by Crippen LogP contribution is 2.21. The third-order valence-electron chi connectivity index (χ3n) is 3.01. The molecule has 4 heteroatoms. The number of hydrogen-bond acceptors (Lipinski definition) is 3. The second-order valence-corrected chi connectivity index (χ2v) is 4.66. The molecule has 3 nitrogen and oxygen atoms in total. The Hall–Kier alpha value is -1.03. The van der Waals surface area contributed by atoms with Gasteiger partial charge in [0, 0.05) is 19.2 Å². The van der Waals surface area contributed by atoms with Gasteiger partial charge in [-0.05, 0) is 30.2 Å². The summed E-state index contributed by atoms with van der Waals surface area (Å²) in [4.78, 5) is 17.9. The molecule has 86 valence electrons. The van der Waals surface area contributed by atoms with Crippen molar-refractivity contribution in [1.29, 1.82) is 0 Å². The zero-order valence-electron chi connectivity index (χ0n) is 9.39. The minimum Gasteiger partial charge on any atom is -0.336 e. The van der Waals surface area contributed by atoms with E-state index in [0.717, 1.165) is 23.6 Å². The lowest BCUT2D eigenvalue weighted by molar-refractivity contribution is -0.128. The summed E-state index contributed by atoms with van der Waals surface area (Å²) in [6.07, 6.45) is 2.41. The topological polar surface area (TPSA) is 33.2 Å². The van der Waals surface area contributed by atoms with Crippen LogP contribution in [-0.2, 0) is 11.3 Å². The van der Waals surface area contributed by atoms with Crippen LogP contribution in [0.25, 0.3) is 0 Å². The Balaban J connectivity index is 2.06. The van der Waals surface area contributed by atoms with Gasteiger partial charge in [0.25, 0.3) is 0 Å². The van der Waals surface area contributed by atoms with Gasteiger partial charge >= 0.3 is 0 Å². The highest BCUT2D eigenvalue weighted by Gasteiger charge is 2.28. The van der Waals surface area contributed by atoms with Gasteiger partial charge in [-0.2, -0.15) is 12.6 Å². The first-order valence-corrected chi connectivity index (χ1v) is 6.13. The highest BCUT2D eigenvalue weighted by atomic mass is 32.1. The van der Waals surface area contributed by atoms with Crippen molar-refractivity contribution in [3.63, 3.8) is 0 Å². The fraction of sp³-hybridized carbons (Fsp3) is 0.500. The normalized spacial score (nSPS) is 20.5. The molecule has 0 aliphatic carbocycles. The zero-order valence-corrected chi connectivity index (χ0v) is 10.3. The highest BCUT2D eigenvalue weighted by molar-refractivity contribution is 7.80. The van der Waals surface area contributed by atoms with Crippen LogP contribution < -0.4 is 0 Å². The molecule has 1 unspecified atom stereocenters. The minimum atomic E-state index is 0.226. The molecule has 1 saturated heterocycles. The summed E-state index contributed by atoms with van der Waals surface area (Å²) in [5.74, 6) is 1.41. The van der Waals surface area contributed by atoms with E-state index in [1.165, 1.54) is 0 Å². The summed E-state index contributed by atoms with van der Waals surface area (Å²) in [6.45, 7) is 3.48. The lowest BCUT2D eigenvalue weighted by Gasteiger charge is -2.16. The molecule has 0 saturated carbocycles. The Bertz CT molecular complexity index is 394. The quantitative estimate of drug-likeness (QED) is 0.810. The van der Waals surface area contributed by atoms with Crippen molar-refractivity contribution < 1.29 is 4.79 Å². The number of aryl methyl sites for hydroxylation is 1. The van der Waals surface area contributed by atoms with Crippen molar-refractivity contribution in [2.24, 2.45) is 5.92 Å². The molecule has 16 heavy (non-hydrogen) atoms. The number of carbonyl (C=O) groups is 1. The molecule has 1 aliphatic heterocycles. The van der Waals surface area contributed by atoms with Crippen molar-refractivity contribution in [3.05, 3.63) is 29.6 Å². The molecule has 0 radical (unpaired) electrons. The van der Waals surface area contributed by atoms with Gasteiger partial charge in [0.2, 0.25) is 5.91 Å². The number of aromatic nitrogens is 1. The Kier molecular flexibility index (Phi) is 3.49. The van der Waals surface area contributed by atoms with Gasteiger partial charge in [-0.3, -0.25) is 9.78 Å². The average Bonchev–Trinajstić information content (AvgIpc) is 2.63. The molecule has 1 amide bonds. The summed E-state index contributed by atoms with van der Waals surface area (Å²) >= 11 is 4.25. The molecule has 0 bridgehead atoms. The number of thiol groups is 1.